The van der Waals surface area contributed by atoms with Crippen LogP contribution in [0.15, 0.2) is 12.7 Å². The summed E-state index contributed by atoms with van der Waals surface area (Å²) in [5.41, 5.74) is 0. The molecule has 14 heavy (non-hydrogen) atoms. The lowest BCUT2D eigenvalue weighted by Crippen LogP contribution is -2.43. The summed E-state index contributed by atoms with van der Waals surface area (Å²) in [5, 5.41) is 3.57. The SMILES string of the molecule is C=CCN(CC1NCCC1C)C(C)C. The topological polar surface area (TPSA) is 15.3 Å². The molecule has 1 aliphatic heterocycles. The molecule has 1 rings (SSSR count). The highest BCUT2D eigenvalue weighted by molar-refractivity contribution is 4.86. The van der Waals surface area contributed by atoms with Crippen molar-refractivity contribution >= 4 is 0 Å². The van der Waals surface area contributed by atoms with E-state index in [0.717, 1.165) is 19.0 Å². The van der Waals surface area contributed by atoms with E-state index in [2.05, 4.69) is 37.6 Å². The number of hydrogen-bond acceptors (Lipinski definition) is 2. The molecule has 0 radical (unpaired) electrons. The van der Waals surface area contributed by atoms with Crippen LogP contribution in [-0.4, -0.2) is 36.6 Å². The Morgan fingerprint density at radius 2 is 2.29 bits per heavy atom. The zero-order chi connectivity index (χ0) is 10.6. The third-order valence-corrected chi connectivity index (χ3v) is 3.22. The molecule has 0 aromatic carbocycles. The molecular formula is C12H24N2. The summed E-state index contributed by atoms with van der Waals surface area (Å²) in [6, 6.07) is 1.29. The fourth-order valence-corrected chi connectivity index (χ4v) is 2.06. The summed E-state index contributed by atoms with van der Waals surface area (Å²) < 4.78 is 0. The molecule has 0 saturated carbocycles. The minimum Gasteiger partial charge on any atom is -0.312 e. The fourth-order valence-electron chi connectivity index (χ4n) is 2.06. The predicted molar refractivity (Wildman–Crippen MR) is 62.5 cm³/mol. The average Bonchev–Trinajstić information content (AvgIpc) is 2.51. The first kappa shape index (κ1) is 11.7. The Bertz CT molecular complexity index is 177. The van der Waals surface area contributed by atoms with Crippen molar-refractivity contribution in [3.63, 3.8) is 0 Å². The Morgan fingerprint density at radius 1 is 1.57 bits per heavy atom. The lowest BCUT2D eigenvalue weighted by molar-refractivity contribution is 0.211. The van der Waals surface area contributed by atoms with E-state index in [-0.39, 0.29) is 0 Å². The highest BCUT2D eigenvalue weighted by Gasteiger charge is 2.25. The van der Waals surface area contributed by atoms with Crippen LogP contribution in [-0.2, 0) is 0 Å². The van der Waals surface area contributed by atoms with Crippen molar-refractivity contribution in [2.24, 2.45) is 5.92 Å². The number of rotatable bonds is 5. The molecule has 82 valence electrons. The minimum absolute atomic E-state index is 0.614. The molecule has 0 amide bonds. The quantitative estimate of drug-likeness (QED) is 0.675. The Morgan fingerprint density at radius 3 is 2.71 bits per heavy atom. The van der Waals surface area contributed by atoms with Gasteiger partial charge in [0.2, 0.25) is 0 Å². The molecule has 2 nitrogen and oxygen atoms in total. The normalized spacial score (nSPS) is 27.5. The van der Waals surface area contributed by atoms with Crippen LogP contribution in [0, 0.1) is 5.92 Å². The minimum atomic E-state index is 0.614. The van der Waals surface area contributed by atoms with Crippen LogP contribution < -0.4 is 5.32 Å². The summed E-state index contributed by atoms with van der Waals surface area (Å²) in [6.45, 7) is 14.0. The highest BCUT2D eigenvalue weighted by Crippen LogP contribution is 2.16. The van der Waals surface area contributed by atoms with Gasteiger partial charge in [0.15, 0.2) is 0 Å². The van der Waals surface area contributed by atoms with Crippen molar-refractivity contribution in [3.8, 4) is 0 Å². The van der Waals surface area contributed by atoms with Crippen molar-refractivity contribution in [2.75, 3.05) is 19.6 Å². The van der Waals surface area contributed by atoms with Gasteiger partial charge in [0, 0.05) is 25.2 Å². The molecule has 0 aliphatic carbocycles. The summed E-state index contributed by atoms with van der Waals surface area (Å²) >= 11 is 0. The lowest BCUT2D eigenvalue weighted by Gasteiger charge is -2.29. The predicted octanol–water partition coefficient (Wildman–Crippen LogP) is 1.88. The monoisotopic (exact) mass is 196 g/mol. The maximum Gasteiger partial charge on any atom is 0.0221 e. The first-order valence-electron chi connectivity index (χ1n) is 5.73. The molecule has 2 unspecified atom stereocenters. The van der Waals surface area contributed by atoms with Gasteiger partial charge < -0.3 is 5.32 Å². The third-order valence-electron chi connectivity index (χ3n) is 3.22. The van der Waals surface area contributed by atoms with Gasteiger partial charge in [0.25, 0.3) is 0 Å². The molecule has 1 fully saturated rings. The van der Waals surface area contributed by atoms with Crippen LogP contribution in [0.25, 0.3) is 0 Å². The average molecular weight is 196 g/mol. The molecule has 0 aromatic rings. The summed E-state index contributed by atoms with van der Waals surface area (Å²) in [7, 11) is 0. The van der Waals surface area contributed by atoms with E-state index in [1.807, 2.05) is 6.08 Å². The van der Waals surface area contributed by atoms with Crippen molar-refractivity contribution < 1.29 is 0 Å². The first-order chi connectivity index (χ1) is 6.65. The molecule has 2 heteroatoms. The summed E-state index contributed by atoms with van der Waals surface area (Å²) in [4.78, 5) is 2.48. The number of nitrogens with zero attached hydrogens (tertiary/aromatic N) is 1. The largest absolute Gasteiger partial charge is 0.312 e. The van der Waals surface area contributed by atoms with Crippen LogP contribution in [0.3, 0.4) is 0 Å². The first-order valence-corrected chi connectivity index (χ1v) is 5.73. The van der Waals surface area contributed by atoms with Crippen molar-refractivity contribution in [2.45, 2.75) is 39.3 Å². The Hall–Kier alpha value is -0.340. The Balaban J connectivity index is 2.41. The molecule has 0 aromatic heterocycles. The van der Waals surface area contributed by atoms with Gasteiger partial charge in [-0.2, -0.15) is 0 Å². The summed E-state index contributed by atoms with van der Waals surface area (Å²) in [6.07, 6.45) is 3.32. The van der Waals surface area contributed by atoms with Gasteiger partial charge in [-0.25, -0.2) is 0 Å². The van der Waals surface area contributed by atoms with Gasteiger partial charge in [-0.15, -0.1) is 6.58 Å². The van der Waals surface area contributed by atoms with Crippen molar-refractivity contribution in [1.29, 1.82) is 0 Å². The maximum absolute atomic E-state index is 3.81. The van der Waals surface area contributed by atoms with Gasteiger partial charge in [-0.1, -0.05) is 13.0 Å². The number of nitrogens with one attached hydrogen (secondary N) is 1. The third kappa shape index (κ3) is 3.10. The maximum atomic E-state index is 3.81. The van der Waals surface area contributed by atoms with E-state index in [1.165, 1.54) is 13.0 Å². The van der Waals surface area contributed by atoms with Crippen LogP contribution in [0.2, 0.25) is 0 Å². The standard InChI is InChI=1S/C12H24N2/c1-5-8-14(10(2)3)9-12-11(4)6-7-13-12/h5,10-13H,1,6-9H2,2-4H3. The molecule has 1 N–H and O–H groups in total. The molecule has 2 atom stereocenters. The van der Waals surface area contributed by atoms with Crippen molar-refractivity contribution in [1.82, 2.24) is 10.2 Å². The van der Waals surface area contributed by atoms with E-state index in [1.54, 1.807) is 0 Å². The molecular weight excluding hydrogens is 172 g/mol. The smallest absolute Gasteiger partial charge is 0.0221 e. The highest BCUT2D eigenvalue weighted by atomic mass is 15.2. The van der Waals surface area contributed by atoms with Crippen LogP contribution in [0.4, 0.5) is 0 Å². The second kappa shape index (κ2) is 5.52. The zero-order valence-electron chi connectivity index (χ0n) is 9.79. The van der Waals surface area contributed by atoms with E-state index in [0.29, 0.717) is 12.1 Å². The molecule has 1 saturated heterocycles. The second-order valence-corrected chi connectivity index (χ2v) is 4.66. The van der Waals surface area contributed by atoms with E-state index in [4.69, 9.17) is 0 Å². The van der Waals surface area contributed by atoms with Gasteiger partial charge >= 0.3 is 0 Å². The Kier molecular flexibility index (Phi) is 4.63. The van der Waals surface area contributed by atoms with Crippen LogP contribution >= 0.6 is 0 Å². The molecule has 1 aliphatic rings. The molecule has 1 heterocycles. The zero-order valence-corrected chi connectivity index (χ0v) is 9.79. The molecule has 0 spiro atoms. The summed E-state index contributed by atoms with van der Waals surface area (Å²) in [5.74, 6) is 0.820. The van der Waals surface area contributed by atoms with E-state index >= 15 is 0 Å². The molecule has 0 bridgehead atoms. The van der Waals surface area contributed by atoms with E-state index in [9.17, 15) is 0 Å². The van der Waals surface area contributed by atoms with Crippen LogP contribution in [0.1, 0.15) is 27.2 Å². The number of hydrogen-bond donors (Lipinski definition) is 1. The van der Waals surface area contributed by atoms with Gasteiger partial charge in [0.05, 0.1) is 0 Å². The fraction of sp³-hybridized carbons (Fsp3) is 0.833. The van der Waals surface area contributed by atoms with Crippen molar-refractivity contribution in [3.05, 3.63) is 12.7 Å². The second-order valence-electron chi connectivity index (χ2n) is 4.66. The Labute approximate surface area is 88.4 Å². The van der Waals surface area contributed by atoms with Crippen LogP contribution in [0.5, 0.6) is 0 Å². The van der Waals surface area contributed by atoms with Gasteiger partial charge in [-0.3, -0.25) is 4.90 Å². The van der Waals surface area contributed by atoms with E-state index < -0.39 is 0 Å². The van der Waals surface area contributed by atoms with Gasteiger partial charge in [-0.05, 0) is 32.7 Å². The van der Waals surface area contributed by atoms with Gasteiger partial charge in [0.1, 0.15) is 0 Å². The lowest BCUT2D eigenvalue weighted by atomic mass is 10.0.